The molecule has 3 heterocycles. The van der Waals surface area contributed by atoms with Crippen LogP contribution in [0.2, 0.25) is 0 Å². The SMILES string of the molecule is CN[C@H]1CCN(c2cc3ncnc(N)c3c(Oc3c(C)ccc(OC)c3C)n2)C1. The van der Waals surface area contributed by atoms with Crippen LogP contribution in [0.15, 0.2) is 24.5 Å². The molecule has 0 amide bonds. The van der Waals surface area contributed by atoms with E-state index in [0.29, 0.717) is 34.4 Å². The van der Waals surface area contributed by atoms with Gasteiger partial charge < -0.3 is 25.4 Å². The zero-order valence-electron chi connectivity index (χ0n) is 17.2. The molecule has 8 heteroatoms. The smallest absolute Gasteiger partial charge is 0.234 e. The Kier molecular flexibility index (Phi) is 5.10. The third kappa shape index (κ3) is 3.51. The molecule has 1 fully saturated rings. The minimum Gasteiger partial charge on any atom is -0.496 e. The number of hydrogen-bond donors (Lipinski definition) is 2. The monoisotopic (exact) mass is 394 g/mol. The molecular formula is C21H26N6O2. The molecule has 0 radical (unpaired) electrons. The molecule has 1 saturated heterocycles. The van der Waals surface area contributed by atoms with E-state index in [1.54, 1.807) is 7.11 Å². The highest BCUT2D eigenvalue weighted by molar-refractivity contribution is 5.94. The number of rotatable bonds is 5. The number of likely N-dealkylation sites (N-methyl/N-ethyl adjacent to an activating group) is 1. The van der Waals surface area contributed by atoms with Gasteiger partial charge in [-0.2, -0.15) is 4.98 Å². The third-order valence-electron chi connectivity index (χ3n) is 5.49. The first-order chi connectivity index (χ1) is 14.0. The molecule has 29 heavy (non-hydrogen) atoms. The molecule has 4 rings (SSSR count). The maximum Gasteiger partial charge on any atom is 0.234 e. The van der Waals surface area contributed by atoms with Crippen LogP contribution in [-0.4, -0.2) is 48.2 Å². The molecule has 3 aromatic rings. The largest absolute Gasteiger partial charge is 0.496 e. The number of benzene rings is 1. The van der Waals surface area contributed by atoms with E-state index in [1.165, 1.54) is 6.33 Å². The summed E-state index contributed by atoms with van der Waals surface area (Å²) >= 11 is 0. The molecule has 1 aliphatic rings. The van der Waals surface area contributed by atoms with Gasteiger partial charge in [0.2, 0.25) is 5.88 Å². The molecule has 1 aromatic carbocycles. The van der Waals surface area contributed by atoms with E-state index in [2.05, 4.69) is 20.2 Å². The highest BCUT2D eigenvalue weighted by Crippen LogP contribution is 2.38. The molecule has 8 nitrogen and oxygen atoms in total. The van der Waals surface area contributed by atoms with Gasteiger partial charge in [-0.1, -0.05) is 6.07 Å². The van der Waals surface area contributed by atoms with E-state index in [0.717, 1.165) is 42.2 Å². The fourth-order valence-electron chi connectivity index (χ4n) is 3.78. The van der Waals surface area contributed by atoms with Crippen LogP contribution in [0.5, 0.6) is 17.4 Å². The molecule has 0 aliphatic carbocycles. The second-order valence-electron chi connectivity index (χ2n) is 7.30. The number of fused-ring (bicyclic) bond motifs is 1. The van der Waals surface area contributed by atoms with Gasteiger partial charge in [0.15, 0.2) is 0 Å². The van der Waals surface area contributed by atoms with Crippen molar-refractivity contribution in [1.29, 1.82) is 0 Å². The van der Waals surface area contributed by atoms with Crippen LogP contribution < -0.4 is 25.4 Å². The predicted molar refractivity (Wildman–Crippen MR) is 114 cm³/mol. The highest BCUT2D eigenvalue weighted by Gasteiger charge is 2.24. The standard InChI is InChI=1S/C21H26N6O2/c1-12-5-6-16(28-4)13(2)19(12)29-21-18-15(24-11-25-20(18)22)9-17(26-21)27-8-7-14(10-27)23-3/h5-6,9,11,14,23H,7-8,10H2,1-4H3,(H2,22,24,25)/t14-/m0/s1. The molecule has 2 aromatic heterocycles. The molecule has 3 N–H and O–H groups in total. The summed E-state index contributed by atoms with van der Waals surface area (Å²) in [4.78, 5) is 15.6. The number of nitrogens with two attached hydrogens (primary N) is 1. The Bertz CT molecular complexity index is 1060. The highest BCUT2D eigenvalue weighted by atomic mass is 16.5. The van der Waals surface area contributed by atoms with Gasteiger partial charge >= 0.3 is 0 Å². The summed E-state index contributed by atoms with van der Waals surface area (Å²) in [6.45, 7) is 5.75. The first kappa shape index (κ1) is 19.2. The van der Waals surface area contributed by atoms with Crippen LogP contribution >= 0.6 is 0 Å². The second-order valence-corrected chi connectivity index (χ2v) is 7.30. The van der Waals surface area contributed by atoms with E-state index in [4.69, 9.17) is 20.2 Å². The molecular weight excluding hydrogens is 368 g/mol. The summed E-state index contributed by atoms with van der Waals surface area (Å²) < 4.78 is 11.8. The minimum atomic E-state index is 0.344. The maximum atomic E-state index is 6.34. The summed E-state index contributed by atoms with van der Waals surface area (Å²) in [6.07, 6.45) is 2.53. The minimum absolute atomic E-state index is 0.344. The van der Waals surface area contributed by atoms with Crippen molar-refractivity contribution in [1.82, 2.24) is 20.3 Å². The number of nitrogen functional groups attached to an aromatic ring is 1. The first-order valence-electron chi connectivity index (χ1n) is 9.67. The molecule has 0 saturated carbocycles. The lowest BCUT2D eigenvalue weighted by Gasteiger charge is -2.20. The Morgan fingerprint density at radius 3 is 2.79 bits per heavy atom. The van der Waals surface area contributed by atoms with Gasteiger partial charge in [0.25, 0.3) is 0 Å². The van der Waals surface area contributed by atoms with Crippen LogP contribution in [-0.2, 0) is 0 Å². The maximum absolute atomic E-state index is 6.34. The van der Waals surface area contributed by atoms with Gasteiger partial charge in [0, 0.05) is 30.8 Å². The number of anilines is 2. The summed E-state index contributed by atoms with van der Waals surface area (Å²) in [5.41, 5.74) is 8.77. The Balaban J connectivity index is 1.83. The molecule has 152 valence electrons. The Morgan fingerprint density at radius 1 is 1.24 bits per heavy atom. The van der Waals surface area contributed by atoms with Crippen molar-refractivity contribution in [3.05, 3.63) is 35.7 Å². The van der Waals surface area contributed by atoms with Crippen molar-refractivity contribution in [3.63, 3.8) is 0 Å². The van der Waals surface area contributed by atoms with E-state index < -0.39 is 0 Å². The zero-order valence-corrected chi connectivity index (χ0v) is 17.2. The van der Waals surface area contributed by atoms with Crippen LogP contribution in [0.4, 0.5) is 11.6 Å². The molecule has 0 unspecified atom stereocenters. The summed E-state index contributed by atoms with van der Waals surface area (Å²) in [5.74, 6) is 3.03. The summed E-state index contributed by atoms with van der Waals surface area (Å²) in [5, 5.41) is 3.94. The van der Waals surface area contributed by atoms with E-state index >= 15 is 0 Å². The summed E-state index contributed by atoms with van der Waals surface area (Å²) in [6, 6.07) is 6.28. The average molecular weight is 394 g/mol. The van der Waals surface area contributed by atoms with Crippen molar-refractivity contribution in [2.45, 2.75) is 26.3 Å². The van der Waals surface area contributed by atoms with Gasteiger partial charge in [-0.3, -0.25) is 0 Å². The van der Waals surface area contributed by atoms with Gasteiger partial charge in [-0.05, 0) is 38.9 Å². The van der Waals surface area contributed by atoms with Crippen LogP contribution in [0, 0.1) is 13.8 Å². The number of methoxy groups -OCH3 is 1. The van der Waals surface area contributed by atoms with Crippen molar-refractivity contribution in [3.8, 4) is 17.4 Å². The first-order valence-corrected chi connectivity index (χ1v) is 9.67. The fraction of sp³-hybridized carbons (Fsp3) is 0.381. The fourth-order valence-corrected chi connectivity index (χ4v) is 3.78. The lowest BCUT2D eigenvalue weighted by atomic mass is 10.1. The quantitative estimate of drug-likeness (QED) is 0.682. The van der Waals surface area contributed by atoms with Gasteiger partial charge in [0.05, 0.1) is 12.6 Å². The number of nitrogens with zero attached hydrogens (tertiary/aromatic N) is 4. The third-order valence-corrected chi connectivity index (χ3v) is 5.49. The van der Waals surface area contributed by atoms with Gasteiger partial charge in [0.1, 0.15) is 34.8 Å². The van der Waals surface area contributed by atoms with Crippen molar-refractivity contribution in [2.75, 3.05) is 37.9 Å². The van der Waals surface area contributed by atoms with E-state index in [-0.39, 0.29) is 0 Å². The number of aromatic nitrogens is 3. The predicted octanol–water partition coefficient (Wildman–Crippen LogP) is 2.82. The normalized spacial score (nSPS) is 16.4. The zero-order chi connectivity index (χ0) is 20.5. The Morgan fingerprint density at radius 2 is 2.07 bits per heavy atom. The van der Waals surface area contributed by atoms with Crippen LogP contribution in [0.1, 0.15) is 17.5 Å². The van der Waals surface area contributed by atoms with E-state index in [1.807, 2.05) is 39.1 Å². The molecule has 1 aliphatic heterocycles. The lowest BCUT2D eigenvalue weighted by molar-refractivity contribution is 0.402. The molecule has 1 atom stereocenters. The van der Waals surface area contributed by atoms with Gasteiger partial charge in [-0.25, -0.2) is 9.97 Å². The Hall–Kier alpha value is -3.13. The lowest BCUT2D eigenvalue weighted by Crippen LogP contribution is -2.29. The number of nitrogens with one attached hydrogen (secondary N) is 1. The van der Waals surface area contributed by atoms with E-state index in [9.17, 15) is 0 Å². The van der Waals surface area contributed by atoms with Crippen molar-refractivity contribution < 1.29 is 9.47 Å². The number of hydrogen-bond acceptors (Lipinski definition) is 8. The summed E-state index contributed by atoms with van der Waals surface area (Å²) in [7, 11) is 3.63. The molecule has 0 bridgehead atoms. The number of aryl methyl sites for hydroxylation is 1. The molecule has 0 spiro atoms. The Labute approximate surface area is 170 Å². The van der Waals surface area contributed by atoms with Crippen LogP contribution in [0.25, 0.3) is 10.9 Å². The van der Waals surface area contributed by atoms with Gasteiger partial charge in [-0.15, -0.1) is 0 Å². The number of pyridine rings is 1. The van der Waals surface area contributed by atoms with Crippen molar-refractivity contribution in [2.24, 2.45) is 0 Å². The van der Waals surface area contributed by atoms with Crippen molar-refractivity contribution >= 4 is 22.5 Å². The number of ether oxygens (including phenoxy) is 2. The average Bonchev–Trinajstić information content (AvgIpc) is 3.20. The topological polar surface area (TPSA) is 98.4 Å². The second kappa shape index (κ2) is 7.71. The van der Waals surface area contributed by atoms with Crippen LogP contribution in [0.3, 0.4) is 0 Å².